The SMILES string of the molecule is CC(CCc1ccccc1)Nc1cnc2ccccc2n1. The fourth-order valence-corrected chi connectivity index (χ4v) is 2.38. The quantitative estimate of drug-likeness (QED) is 0.764. The summed E-state index contributed by atoms with van der Waals surface area (Å²) in [6.07, 6.45) is 3.94. The van der Waals surface area contributed by atoms with Gasteiger partial charge in [0.1, 0.15) is 5.82 Å². The van der Waals surface area contributed by atoms with Gasteiger partial charge in [-0.3, -0.25) is 4.98 Å². The Kier molecular flexibility index (Phi) is 4.10. The molecule has 3 nitrogen and oxygen atoms in total. The molecule has 0 saturated carbocycles. The summed E-state index contributed by atoms with van der Waals surface area (Å²) >= 11 is 0. The van der Waals surface area contributed by atoms with Crippen LogP contribution >= 0.6 is 0 Å². The lowest BCUT2D eigenvalue weighted by molar-refractivity contribution is 0.703. The summed E-state index contributed by atoms with van der Waals surface area (Å²) in [6.45, 7) is 2.18. The van der Waals surface area contributed by atoms with Crippen LogP contribution in [0.15, 0.2) is 60.8 Å². The smallest absolute Gasteiger partial charge is 0.145 e. The van der Waals surface area contributed by atoms with Gasteiger partial charge in [-0.25, -0.2) is 4.98 Å². The first kappa shape index (κ1) is 13.6. The number of hydrogen-bond acceptors (Lipinski definition) is 3. The maximum atomic E-state index is 4.60. The molecule has 1 aromatic heterocycles. The van der Waals surface area contributed by atoms with E-state index in [0.29, 0.717) is 6.04 Å². The van der Waals surface area contributed by atoms with Gasteiger partial charge in [0.25, 0.3) is 0 Å². The molecule has 0 aliphatic carbocycles. The highest BCUT2D eigenvalue weighted by atomic mass is 15.0. The number of nitrogens with one attached hydrogen (secondary N) is 1. The topological polar surface area (TPSA) is 37.8 Å². The maximum absolute atomic E-state index is 4.60. The first-order chi connectivity index (χ1) is 10.3. The number of nitrogens with zero attached hydrogens (tertiary/aromatic N) is 2. The Hall–Kier alpha value is -2.42. The first-order valence-electron chi connectivity index (χ1n) is 7.33. The molecule has 0 amide bonds. The third-order valence-corrected chi connectivity index (χ3v) is 3.55. The van der Waals surface area contributed by atoms with E-state index >= 15 is 0 Å². The van der Waals surface area contributed by atoms with Crippen LogP contribution in [-0.4, -0.2) is 16.0 Å². The van der Waals surface area contributed by atoms with Crippen LogP contribution in [0.1, 0.15) is 18.9 Å². The Bertz CT molecular complexity index is 710. The van der Waals surface area contributed by atoms with Crippen LogP contribution in [0.2, 0.25) is 0 Å². The number of para-hydroxylation sites is 2. The molecule has 1 atom stereocenters. The van der Waals surface area contributed by atoms with Crippen molar-refractivity contribution in [2.24, 2.45) is 0 Å². The highest BCUT2D eigenvalue weighted by Crippen LogP contribution is 2.13. The van der Waals surface area contributed by atoms with Crippen molar-refractivity contribution >= 4 is 16.9 Å². The predicted molar refractivity (Wildman–Crippen MR) is 87.4 cm³/mol. The highest BCUT2D eigenvalue weighted by Gasteiger charge is 2.05. The highest BCUT2D eigenvalue weighted by molar-refractivity contribution is 5.75. The third kappa shape index (κ3) is 3.57. The Balaban J connectivity index is 1.62. The van der Waals surface area contributed by atoms with E-state index in [1.165, 1.54) is 5.56 Å². The van der Waals surface area contributed by atoms with Crippen molar-refractivity contribution in [3.63, 3.8) is 0 Å². The second-order valence-electron chi connectivity index (χ2n) is 5.31. The number of benzene rings is 2. The number of hydrogen-bond donors (Lipinski definition) is 1. The van der Waals surface area contributed by atoms with Crippen molar-refractivity contribution in [2.45, 2.75) is 25.8 Å². The standard InChI is InChI=1S/C18H19N3/c1-14(11-12-15-7-3-2-4-8-15)20-18-13-19-16-9-5-6-10-17(16)21-18/h2-10,13-14H,11-12H2,1H3,(H,20,21). The fraction of sp³-hybridized carbons (Fsp3) is 0.222. The van der Waals surface area contributed by atoms with E-state index in [1.54, 1.807) is 6.20 Å². The molecule has 0 saturated heterocycles. The summed E-state index contributed by atoms with van der Waals surface area (Å²) in [6, 6.07) is 18.9. The van der Waals surface area contributed by atoms with Crippen LogP contribution in [0.3, 0.4) is 0 Å². The van der Waals surface area contributed by atoms with Gasteiger partial charge in [-0.1, -0.05) is 42.5 Å². The third-order valence-electron chi connectivity index (χ3n) is 3.55. The van der Waals surface area contributed by atoms with Gasteiger partial charge < -0.3 is 5.32 Å². The van der Waals surface area contributed by atoms with Gasteiger partial charge in [0.15, 0.2) is 0 Å². The summed E-state index contributed by atoms with van der Waals surface area (Å²) in [7, 11) is 0. The van der Waals surface area contributed by atoms with Crippen molar-refractivity contribution in [1.82, 2.24) is 9.97 Å². The predicted octanol–water partition coefficient (Wildman–Crippen LogP) is 4.06. The lowest BCUT2D eigenvalue weighted by Gasteiger charge is -2.14. The van der Waals surface area contributed by atoms with Gasteiger partial charge in [-0.15, -0.1) is 0 Å². The monoisotopic (exact) mass is 277 g/mol. The Morgan fingerprint density at radius 2 is 1.67 bits per heavy atom. The molecular weight excluding hydrogens is 258 g/mol. The minimum absolute atomic E-state index is 0.362. The second-order valence-corrected chi connectivity index (χ2v) is 5.31. The number of anilines is 1. The molecule has 3 heteroatoms. The Morgan fingerprint density at radius 3 is 2.48 bits per heavy atom. The van der Waals surface area contributed by atoms with E-state index in [1.807, 2.05) is 24.3 Å². The molecule has 3 rings (SSSR count). The number of aromatic nitrogens is 2. The van der Waals surface area contributed by atoms with Crippen LogP contribution in [0.25, 0.3) is 11.0 Å². The van der Waals surface area contributed by atoms with Crippen molar-refractivity contribution in [1.29, 1.82) is 0 Å². The lowest BCUT2D eigenvalue weighted by atomic mass is 10.1. The number of fused-ring (bicyclic) bond motifs is 1. The van der Waals surface area contributed by atoms with Crippen molar-refractivity contribution in [2.75, 3.05) is 5.32 Å². The molecule has 1 unspecified atom stereocenters. The molecule has 0 fully saturated rings. The zero-order valence-electron chi connectivity index (χ0n) is 12.2. The Morgan fingerprint density at radius 1 is 0.952 bits per heavy atom. The van der Waals surface area contributed by atoms with E-state index in [0.717, 1.165) is 29.7 Å². The average Bonchev–Trinajstić information content (AvgIpc) is 2.54. The van der Waals surface area contributed by atoms with Gasteiger partial charge in [0, 0.05) is 6.04 Å². The minimum Gasteiger partial charge on any atom is -0.366 e. The first-order valence-corrected chi connectivity index (χ1v) is 7.33. The maximum Gasteiger partial charge on any atom is 0.145 e. The zero-order valence-corrected chi connectivity index (χ0v) is 12.2. The summed E-state index contributed by atoms with van der Waals surface area (Å²) in [5.74, 6) is 0.842. The van der Waals surface area contributed by atoms with E-state index < -0.39 is 0 Å². The molecule has 3 aromatic rings. The van der Waals surface area contributed by atoms with Gasteiger partial charge in [0.2, 0.25) is 0 Å². The molecule has 2 aromatic carbocycles. The molecule has 1 N–H and O–H groups in total. The van der Waals surface area contributed by atoms with Crippen LogP contribution in [-0.2, 0) is 6.42 Å². The molecule has 106 valence electrons. The molecule has 0 spiro atoms. The van der Waals surface area contributed by atoms with Gasteiger partial charge in [-0.2, -0.15) is 0 Å². The summed E-state index contributed by atoms with van der Waals surface area (Å²) < 4.78 is 0. The largest absolute Gasteiger partial charge is 0.366 e. The zero-order chi connectivity index (χ0) is 14.5. The van der Waals surface area contributed by atoms with Crippen LogP contribution < -0.4 is 5.32 Å². The molecule has 0 aliphatic heterocycles. The molecule has 0 radical (unpaired) electrons. The van der Waals surface area contributed by atoms with Crippen molar-refractivity contribution in [3.05, 3.63) is 66.4 Å². The summed E-state index contributed by atoms with van der Waals surface area (Å²) in [5.41, 5.74) is 3.23. The van der Waals surface area contributed by atoms with E-state index in [2.05, 4.69) is 52.5 Å². The summed E-state index contributed by atoms with van der Waals surface area (Å²) in [4.78, 5) is 9.02. The van der Waals surface area contributed by atoms with Gasteiger partial charge in [0.05, 0.1) is 17.2 Å². The molecule has 0 aliphatic rings. The fourth-order valence-electron chi connectivity index (χ4n) is 2.38. The van der Waals surface area contributed by atoms with Crippen LogP contribution in [0, 0.1) is 0 Å². The normalized spacial score (nSPS) is 12.2. The summed E-state index contributed by atoms with van der Waals surface area (Å²) in [5, 5.41) is 3.43. The van der Waals surface area contributed by atoms with Crippen LogP contribution in [0.4, 0.5) is 5.82 Å². The number of aryl methyl sites for hydroxylation is 1. The van der Waals surface area contributed by atoms with E-state index in [4.69, 9.17) is 0 Å². The number of rotatable bonds is 5. The molecule has 21 heavy (non-hydrogen) atoms. The van der Waals surface area contributed by atoms with Crippen LogP contribution in [0.5, 0.6) is 0 Å². The van der Waals surface area contributed by atoms with Crippen molar-refractivity contribution in [3.8, 4) is 0 Å². The lowest BCUT2D eigenvalue weighted by Crippen LogP contribution is -2.17. The molecule has 1 heterocycles. The second kappa shape index (κ2) is 6.35. The van der Waals surface area contributed by atoms with Gasteiger partial charge >= 0.3 is 0 Å². The molecule has 0 bridgehead atoms. The van der Waals surface area contributed by atoms with Gasteiger partial charge in [-0.05, 0) is 37.5 Å². The Labute approximate surface area is 125 Å². The van der Waals surface area contributed by atoms with E-state index in [9.17, 15) is 0 Å². The average molecular weight is 277 g/mol. The minimum atomic E-state index is 0.362. The van der Waals surface area contributed by atoms with E-state index in [-0.39, 0.29) is 0 Å². The molecular formula is C18H19N3. The van der Waals surface area contributed by atoms with Crippen molar-refractivity contribution < 1.29 is 0 Å².